The van der Waals surface area contributed by atoms with Gasteiger partial charge >= 0.3 is 0 Å². The van der Waals surface area contributed by atoms with Crippen molar-refractivity contribution in [1.82, 2.24) is 10.2 Å². The fourth-order valence-electron chi connectivity index (χ4n) is 3.99. The van der Waals surface area contributed by atoms with E-state index < -0.39 is 0 Å². The molecular weight excluding hydrogens is 444 g/mol. The molecule has 0 saturated heterocycles. The van der Waals surface area contributed by atoms with E-state index in [9.17, 15) is 14.4 Å². The lowest BCUT2D eigenvalue weighted by Crippen LogP contribution is -2.29. The lowest BCUT2D eigenvalue weighted by molar-refractivity contribution is 0.0640. The standard InChI is InChI=1S/C28H28N2O5/c1-18(2)35-17-21-9-5-4-8-20(21)15-29-26(31)24-14-19(12-13-25(24)34-3)16-30-27(32)22-10-6-7-11-23(22)28(30)33/h4-14,18H,15-17H2,1-3H3,(H,29,31). The Bertz CT molecular complexity index is 1230. The summed E-state index contributed by atoms with van der Waals surface area (Å²) in [6.07, 6.45) is 0.104. The molecule has 0 bridgehead atoms. The number of ether oxygens (including phenoxy) is 2. The van der Waals surface area contributed by atoms with Crippen LogP contribution in [0.4, 0.5) is 0 Å². The van der Waals surface area contributed by atoms with Gasteiger partial charge in [-0.1, -0.05) is 42.5 Å². The van der Waals surface area contributed by atoms with Crippen molar-refractivity contribution in [2.45, 2.75) is 39.6 Å². The Morgan fingerprint density at radius 2 is 1.54 bits per heavy atom. The molecule has 0 aromatic heterocycles. The van der Waals surface area contributed by atoms with E-state index in [-0.39, 0.29) is 30.4 Å². The number of benzene rings is 3. The van der Waals surface area contributed by atoms with Crippen LogP contribution in [0.15, 0.2) is 66.7 Å². The largest absolute Gasteiger partial charge is 0.496 e. The number of fused-ring (bicyclic) bond motifs is 1. The van der Waals surface area contributed by atoms with Gasteiger partial charge in [-0.05, 0) is 54.8 Å². The van der Waals surface area contributed by atoms with Gasteiger partial charge in [-0.3, -0.25) is 19.3 Å². The summed E-state index contributed by atoms with van der Waals surface area (Å²) in [4.78, 5) is 39.8. The first kappa shape index (κ1) is 24.2. The second-order valence-corrected chi connectivity index (χ2v) is 8.59. The number of carbonyl (C=O) groups is 3. The van der Waals surface area contributed by atoms with Gasteiger partial charge in [-0.15, -0.1) is 0 Å². The summed E-state index contributed by atoms with van der Waals surface area (Å²) < 4.78 is 11.1. The number of hydrogen-bond donors (Lipinski definition) is 1. The second-order valence-electron chi connectivity index (χ2n) is 8.59. The van der Waals surface area contributed by atoms with Gasteiger partial charge in [0.15, 0.2) is 0 Å². The van der Waals surface area contributed by atoms with Gasteiger partial charge in [0.2, 0.25) is 0 Å². The highest BCUT2D eigenvalue weighted by Crippen LogP contribution is 2.26. The molecule has 0 unspecified atom stereocenters. The van der Waals surface area contributed by atoms with Crippen LogP contribution in [-0.2, 0) is 24.4 Å². The molecule has 0 fully saturated rings. The minimum atomic E-state index is -0.340. The predicted molar refractivity (Wildman–Crippen MR) is 131 cm³/mol. The third kappa shape index (κ3) is 5.25. The van der Waals surface area contributed by atoms with E-state index in [0.717, 1.165) is 11.1 Å². The van der Waals surface area contributed by atoms with Crippen LogP contribution in [0.1, 0.15) is 61.6 Å². The van der Waals surface area contributed by atoms with Gasteiger partial charge in [0.1, 0.15) is 5.75 Å². The van der Waals surface area contributed by atoms with Crippen LogP contribution in [-0.4, -0.2) is 35.8 Å². The number of rotatable bonds is 9. The molecule has 0 radical (unpaired) electrons. The van der Waals surface area contributed by atoms with Crippen LogP contribution in [0.25, 0.3) is 0 Å². The number of hydrogen-bond acceptors (Lipinski definition) is 5. The quantitative estimate of drug-likeness (QED) is 0.468. The summed E-state index contributed by atoms with van der Waals surface area (Å²) >= 11 is 0. The minimum Gasteiger partial charge on any atom is -0.496 e. The predicted octanol–water partition coefficient (Wildman–Crippen LogP) is 4.35. The van der Waals surface area contributed by atoms with E-state index in [4.69, 9.17) is 9.47 Å². The highest BCUT2D eigenvalue weighted by Gasteiger charge is 2.35. The van der Waals surface area contributed by atoms with Gasteiger partial charge in [0, 0.05) is 6.54 Å². The SMILES string of the molecule is COc1ccc(CN2C(=O)c3ccccc3C2=O)cc1C(=O)NCc1ccccc1COC(C)C. The second kappa shape index (κ2) is 10.5. The molecular formula is C28H28N2O5. The Labute approximate surface area is 204 Å². The van der Waals surface area contributed by atoms with Crippen LogP contribution >= 0.6 is 0 Å². The van der Waals surface area contributed by atoms with Gasteiger partial charge in [-0.25, -0.2) is 0 Å². The monoisotopic (exact) mass is 472 g/mol. The third-order valence-electron chi connectivity index (χ3n) is 5.86. The highest BCUT2D eigenvalue weighted by molar-refractivity contribution is 6.21. The Morgan fingerprint density at radius 3 is 2.17 bits per heavy atom. The van der Waals surface area contributed by atoms with Crippen molar-refractivity contribution < 1.29 is 23.9 Å². The average Bonchev–Trinajstić information content (AvgIpc) is 3.11. The van der Waals surface area contributed by atoms with Crippen LogP contribution in [0.2, 0.25) is 0 Å². The first-order chi connectivity index (χ1) is 16.9. The number of nitrogens with one attached hydrogen (secondary N) is 1. The molecule has 0 aliphatic carbocycles. The Hall–Kier alpha value is -3.97. The summed E-state index contributed by atoms with van der Waals surface area (Å²) in [6.45, 7) is 4.80. The molecule has 1 aliphatic rings. The van der Waals surface area contributed by atoms with E-state index in [1.807, 2.05) is 38.1 Å². The van der Waals surface area contributed by atoms with Crippen LogP contribution < -0.4 is 10.1 Å². The summed E-state index contributed by atoms with van der Waals surface area (Å²) in [5.74, 6) is -0.587. The lowest BCUT2D eigenvalue weighted by Gasteiger charge is -2.16. The number of carbonyl (C=O) groups excluding carboxylic acids is 3. The normalized spacial score (nSPS) is 12.7. The molecule has 7 nitrogen and oxygen atoms in total. The molecule has 1 N–H and O–H groups in total. The third-order valence-corrected chi connectivity index (χ3v) is 5.86. The number of methoxy groups -OCH3 is 1. The average molecular weight is 473 g/mol. The van der Waals surface area contributed by atoms with Crippen molar-refractivity contribution in [1.29, 1.82) is 0 Å². The molecule has 4 rings (SSSR count). The van der Waals surface area contributed by atoms with Crippen molar-refractivity contribution in [3.63, 3.8) is 0 Å². The minimum absolute atomic E-state index is 0.0615. The van der Waals surface area contributed by atoms with Crippen LogP contribution in [0.5, 0.6) is 5.75 Å². The van der Waals surface area contributed by atoms with Gasteiger partial charge in [0.05, 0.1) is 43.1 Å². The van der Waals surface area contributed by atoms with E-state index in [1.54, 1.807) is 42.5 Å². The smallest absolute Gasteiger partial charge is 0.261 e. The highest BCUT2D eigenvalue weighted by atomic mass is 16.5. The summed E-state index contributed by atoms with van der Waals surface area (Å²) in [6, 6.07) is 19.6. The molecule has 0 atom stereocenters. The van der Waals surface area contributed by atoms with E-state index in [1.165, 1.54) is 12.0 Å². The Morgan fingerprint density at radius 1 is 0.914 bits per heavy atom. The molecule has 1 aliphatic heterocycles. The number of nitrogens with zero attached hydrogens (tertiary/aromatic N) is 1. The molecule has 180 valence electrons. The topological polar surface area (TPSA) is 84.9 Å². The number of amides is 3. The Balaban J connectivity index is 1.49. The lowest BCUT2D eigenvalue weighted by atomic mass is 10.1. The van der Waals surface area contributed by atoms with Gasteiger partial charge in [0.25, 0.3) is 17.7 Å². The zero-order valence-corrected chi connectivity index (χ0v) is 20.0. The summed E-state index contributed by atoms with van der Waals surface area (Å²) in [5.41, 5.74) is 3.73. The maximum atomic E-state index is 13.1. The van der Waals surface area contributed by atoms with E-state index in [2.05, 4.69) is 5.32 Å². The fourth-order valence-corrected chi connectivity index (χ4v) is 3.99. The zero-order chi connectivity index (χ0) is 24.9. The van der Waals surface area contributed by atoms with Crippen LogP contribution in [0, 0.1) is 0 Å². The molecule has 35 heavy (non-hydrogen) atoms. The molecule has 1 heterocycles. The molecule has 0 saturated carbocycles. The van der Waals surface area contributed by atoms with Gasteiger partial charge in [-0.2, -0.15) is 0 Å². The van der Waals surface area contributed by atoms with Crippen molar-refractivity contribution in [2.24, 2.45) is 0 Å². The molecule has 0 spiro atoms. The maximum Gasteiger partial charge on any atom is 0.261 e. The molecule has 7 heteroatoms. The molecule has 3 aromatic carbocycles. The van der Waals surface area contributed by atoms with Crippen molar-refractivity contribution in [2.75, 3.05) is 7.11 Å². The molecule has 3 amide bonds. The van der Waals surface area contributed by atoms with Crippen molar-refractivity contribution in [3.05, 3.63) is 100 Å². The summed E-state index contributed by atoms with van der Waals surface area (Å²) in [5, 5.41) is 2.95. The first-order valence-corrected chi connectivity index (χ1v) is 11.5. The summed E-state index contributed by atoms with van der Waals surface area (Å²) in [7, 11) is 1.49. The van der Waals surface area contributed by atoms with Gasteiger partial charge < -0.3 is 14.8 Å². The van der Waals surface area contributed by atoms with Crippen molar-refractivity contribution in [3.8, 4) is 5.75 Å². The Kier molecular flexibility index (Phi) is 7.27. The van der Waals surface area contributed by atoms with E-state index in [0.29, 0.717) is 41.2 Å². The van der Waals surface area contributed by atoms with E-state index >= 15 is 0 Å². The molecule has 3 aromatic rings. The maximum absolute atomic E-state index is 13.1. The van der Waals surface area contributed by atoms with Crippen molar-refractivity contribution >= 4 is 17.7 Å². The first-order valence-electron chi connectivity index (χ1n) is 11.5. The number of imide groups is 1. The van der Waals surface area contributed by atoms with Crippen LogP contribution in [0.3, 0.4) is 0 Å². The zero-order valence-electron chi connectivity index (χ0n) is 20.0. The fraction of sp³-hybridized carbons (Fsp3) is 0.250.